The molecule has 47 heavy (non-hydrogen) atoms. The van der Waals surface area contributed by atoms with Crippen molar-refractivity contribution in [2.24, 2.45) is 0 Å². The molecule has 2 heterocycles. The second-order valence-electron chi connectivity index (χ2n) is 12.0. The first kappa shape index (κ1) is 26.3. The fourth-order valence-corrected chi connectivity index (χ4v) is 8.36. The van der Waals surface area contributed by atoms with Gasteiger partial charge in [-0.05, 0) is 62.4 Å². The van der Waals surface area contributed by atoms with Crippen LogP contribution in [0.25, 0.3) is 98.5 Å². The fraction of sp³-hybridized carbons (Fsp3) is 0. The van der Waals surface area contributed by atoms with E-state index in [-0.39, 0.29) is 0 Å². The van der Waals surface area contributed by atoms with Crippen LogP contribution in [-0.2, 0) is 0 Å². The van der Waals surface area contributed by atoms with Gasteiger partial charge in [-0.2, -0.15) is 0 Å². The lowest BCUT2D eigenvalue weighted by molar-refractivity contribution is 1.08. The molecular weight excluding hydrogens is 591 g/mol. The zero-order chi connectivity index (χ0) is 30.9. The number of nitrogens with zero attached hydrogens (tertiary/aromatic N) is 3. The molecule has 0 spiro atoms. The van der Waals surface area contributed by atoms with Crippen LogP contribution in [0, 0.1) is 0 Å². The minimum Gasteiger partial charge on any atom is -0.208 e. The average Bonchev–Trinajstić information content (AvgIpc) is 3.69. The van der Waals surface area contributed by atoms with Gasteiger partial charge >= 0.3 is 0 Å². The lowest BCUT2D eigenvalue weighted by Crippen LogP contribution is -2.00. The van der Waals surface area contributed by atoms with Gasteiger partial charge in [-0.1, -0.05) is 133 Å². The molecule has 0 N–H and O–H groups in total. The molecule has 0 bridgehead atoms. The third-order valence-corrected chi connectivity index (χ3v) is 10.4. The minimum absolute atomic E-state index is 0.658. The van der Waals surface area contributed by atoms with Gasteiger partial charge in [0.1, 0.15) is 0 Å². The zero-order valence-corrected chi connectivity index (χ0v) is 26.0. The summed E-state index contributed by atoms with van der Waals surface area (Å²) in [5, 5.41) is 5.07. The van der Waals surface area contributed by atoms with E-state index in [1.807, 2.05) is 35.6 Å². The molecule has 218 valence electrons. The van der Waals surface area contributed by atoms with Crippen molar-refractivity contribution in [1.29, 1.82) is 0 Å². The summed E-state index contributed by atoms with van der Waals surface area (Å²) < 4.78 is 2.50. The third-order valence-electron chi connectivity index (χ3n) is 9.26. The van der Waals surface area contributed by atoms with Crippen molar-refractivity contribution in [2.75, 3.05) is 0 Å². The van der Waals surface area contributed by atoms with Crippen LogP contribution in [0.1, 0.15) is 0 Å². The van der Waals surface area contributed by atoms with E-state index in [9.17, 15) is 0 Å². The molecule has 0 fully saturated rings. The fourth-order valence-electron chi connectivity index (χ4n) is 7.18. The Labute approximate surface area is 275 Å². The van der Waals surface area contributed by atoms with E-state index >= 15 is 0 Å². The Morgan fingerprint density at radius 1 is 0.319 bits per heavy atom. The number of aromatic nitrogens is 3. The number of benzene rings is 7. The molecule has 10 rings (SSSR count). The Balaban J connectivity index is 1.24. The Hall–Kier alpha value is -5.97. The van der Waals surface area contributed by atoms with Crippen LogP contribution >= 0.6 is 11.3 Å². The number of rotatable bonds is 4. The molecule has 0 amide bonds. The number of thiophene rings is 1. The van der Waals surface area contributed by atoms with Crippen LogP contribution in [0.5, 0.6) is 0 Å². The van der Waals surface area contributed by atoms with E-state index in [2.05, 4.69) is 127 Å². The largest absolute Gasteiger partial charge is 0.208 e. The molecule has 0 radical (unpaired) electrons. The predicted molar refractivity (Wildman–Crippen MR) is 196 cm³/mol. The van der Waals surface area contributed by atoms with E-state index < -0.39 is 0 Å². The molecule has 7 aromatic carbocycles. The Kier molecular flexibility index (Phi) is 5.74. The molecule has 0 unspecified atom stereocenters. The zero-order valence-electron chi connectivity index (χ0n) is 25.2. The number of hydrogen-bond acceptors (Lipinski definition) is 4. The monoisotopic (exact) mass is 615 g/mol. The van der Waals surface area contributed by atoms with Gasteiger partial charge in [0.15, 0.2) is 17.5 Å². The topological polar surface area (TPSA) is 38.7 Å². The molecule has 3 nitrogen and oxygen atoms in total. The van der Waals surface area contributed by atoms with Crippen LogP contribution in [0.2, 0.25) is 0 Å². The summed E-state index contributed by atoms with van der Waals surface area (Å²) in [5.41, 5.74) is 10.5. The van der Waals surface area contributed by atoms with Gasteiger partial charge in [0.25, 0.3) is 0 Å². The normalized spacial score (nSPS) is 11.8. The first-order valence-corrected chi connectivity index (χ1v) is 16.6. The predicted octanol–water partition coefficient (Wildman–Crippen LogP) is 11.7. The molecule has 4 heteroatoms. The summed E-state index contributed by atoms with van der Waals surface area (Å²) in [6.45, 7) is 0. The smallest absolute Gasteiger partial charge is 0.164 e. The standard InChI is InChI=1S/C43H25N3S/c1-3-12-26(13-4-1)28-16-9-17-29(24-28)42-44-41(27-14-5-2-6-15-27)45-43(46-42)34-22-11-23-36-40(34)39-33-21-10-20-32-30-18-7-8-19-31(30)35(38(32)33)25-37(39)47-36/h1-25H. The lowest BCUT2D eigenvalue weighted by Gasteiger charge is -2.11. The Bertz CT molecular complexity index is 2680. The van der Waals surface area contributed by atoms with Crippen LogP contribution in [-0.4, -0.2) is 15.0 Å². The first-order valence-electron chi connectivity index (χ1n) is 15.8. The minimum atomic E-state index is 0.658. The molecule has 0 atom stereocenters. The van der Waals surface area contributed by atoms with Crippen molar-refractivity contribution in [3.8, 4) is 67.5 Å². The highest BCUT2D eigenvalue weighted by Gasteiger charge is 2.25. The van der Waals surface area contributed by atoms with Crippen LogP contribution in [0.15, 0.2) is 152 Å². The highest BCUT2D eigenvalue weighted by atomic mass is 32.1. The number of fused-ring (bicyclic) bond motifs is 7. The maximum absolute atomic E-state index is 5.21. The highest BCUT2D eigenvalue weighted by Crippen LogP contribution is 2.52. The van der Waals surface area contributed by atoms with Crippen molar-refractivity contribution in [3.05, 3.63) is 152 Å². The summed E-state index contributed by atoms with van der Waals surface area (Å²) >= 11 is 1.84. The summed E-state index contributed by atoms with van der Waals surface area (Å²) in [6.07, 6.45) is 0. The second-order valence-corrected chi connectivity index (χ2v) is 13.1. The van der Waals surface area contributed by atoms with Crippen molar-refractivity contribution in [2.45, 2.75) is 0 Å². The second kappa shape index (κ2) is 10.3. The molecule has 1 aliphatic carbocycles. The van der Waals surface area contributed by atoms with Crippen LogP contribution < -0.4 is 0 Å². The molecular formula is C43H25N3S. The van der Waals surface area contributed by atoms with Crippen molar-refractivity contribution in [1.82, 2.24) is 15.0 Å². The molecule has 1 aliphatic rings. The SMILES string of the molecule is c1ccc(-c2cccc(-c3nc(-c4ccccc4)nc(-c4cccc5sc6cc7c8c(cccc8c6c45)-c4ccccc4-7)n3)c2)cc1. The number of hydrogen-bond donors (Lipinski definition) is 0. The van der Waals surface area contributed by atoms with Gasteiger partial charge in [-0.15, -0.1) is 11.3 Å². The molecule has 0 saturated heterocycles. The van der Waals surface area contributed by atoms with E-state index in [0.29, 0.717) is 17.5 Å². The van der Waals surface area contributed by atoms with Gasteiger partial charge in [-0.25, -0.2) is 15.0 Å². The van der Waals surface area contributed by atoms with Gasteiger partial charge in [-0.3, -0.25) is 0 Å². The van der Waals surface area contributed by atoms with E-state index in [1.54, 1.807) is 0 Å². The van der Waals surface area contributed by atoms with Gasteiger partial charge in [0, 0.05) is 36.9 Å². The summed E-state index contributed by atoms with van der Waals surface area (Å²) in [5.74, 6) is 2.00. The quantitative estimate of drug-likeness (QED) is 0.198. The summed E-state index contributed by atoms with van der Waals surface area (Å²) in [4.78, 5) is 15.4. The molecule has 0 aliphatic heterocycles. The van der Waals surface area contributed by atoms with E-state index in [1.165, 1.54) is 53.2 Å². The van der Waals surface area contributed by atoms with E-state index in [0.717, 1.165) is 27.8 Å². The maximum atomic E-state index is 5.21. The summed E-state index contributed by atoms with van der Waals surface area (Å²) in [7, 11) is 0. The Morgan fingerprint density at radius 2 is 0.894 bits per heavy atom. The first-order chi connectivity index (χ1) is 23.3. The van der Waals surface area contributed by atoms with Crippen molar-refractivity contribution >= 4 is 42.3 Å². The third kappa shape index (κ3) is 4.09. The maximum Gasteiger partial charge on any atom is 0.164 e. The van der Waals surface area contributed by atoms with Crippen molar-refractivity contribution in [3.63, 3.8) is 0 Å². The molecule has 9 aromatic rings. The van der Waals surface area contributed by atoms with Crippen LogP contribution in [0.3, 0.4) is 0 Å². The van der Waals surface area contributed by atoms with E-state index in [4.69, 9.17) is 15.0 Å². The van der Waals surface area contributed by atoms with Crippen LogP contribution in [0.4, 0.5) is 0 Å². The van der Waals surface area contributed by atoms with Gasteiger partial charge in [0.05, 0.1) is 0 Å². The van der Waals surface area contributed by atoms with Gasteiger partial charge < -0.3 is 0 Å². The molecule has 0 saturated carbocycles. The Morgan fingerprint density at radius 3 is 1.70 bits per heavy atom. The van der Waals surface area contributed by atoms with Gasteiger partial charge in [0.2, 0.25) is 0 Å². The average molecular weight is 616 g/mol. The lowest BCUT2D eigenvalue weighted by atomic mass is 9.96. The molecule has 2 aromatic heterocycles. The highest BCUT2D eigenvalue weighted by molar-refractivity contribution is 7.26. The summed E-state index contributed by atoms with van der Waals surface area (Å²) in [6, 6.07) is 53.5. The van der Waals surface area contributed by atoms with Crippen molar-refractivity contribution < 1.29 is 0 Å².